The molecule has 36 heavy (non-hydrogen) atoms. The number of oxime groups is 1. The highest BCUT2D eigenvalue weighted by Gasteiger charge is 2.35. The molecule has 0 saturated heterocycles. The van der Waals surface area contributed by atoms with E-state index in [1.165, 1.54) is 6.07 Å². The topological polar surface area (TPSA) is 83.8 Å². The first kappa shape index (κ1) is 27.6. The van der Waals surface area contributed by atoms with Crippen LogP contribution in [-0.4, -0.2) is 28.3 Å². The molecule has 0 radical (unpaired) electrons. The largest absolute Gasteiger partial charge is 0.481 e. The van der Waals surface area contributed by atoms with Crippen LogP contribution in [0.25, 0.3) is 0 Å². The third-order valence-electron chi connectivity index (χ3n) is 6.51. The van der Waals surface area contributed by atoms with Crippen molar-refractivity contribution in [2.45, 2.75) is 84.0 Å². The van der Waals surface area contributed by atoms with Gasteiger partial charge in [-0.25, -0.2) is 0 Å². The van der Waals surface area contributed by atoms with E-state index in [0.29, 0.717) is 42.0 Å². The summed E-state index contributed by atoms with van der Waals surface area (Å²) in [5.41, 5.74) is 3.20. The van der Waals surface area contributed by atoms with Crippen molar-refractivity contribution in [1.82, 2.24) is 10.3 Å². The van der Waals surface area contributed by atoms with Crippen molar-refractivity contribution in [1.29, 1.82) is 0 Å². The van der Waals surface area contributed by atoms with E-state index in [-0.39, 0.29) is 18.9 Å². The van der Waals surface area contributed by atoms with Crippen LogP contribution < -0.4 is 5.32 Å². The Bertz CT molecular complexity index is 1060. The van der Waals surface area contributed by atoms with Crippen LogP contribution in [0.5, 0.6) is 0 Å². The predicted molar refractivity (Wildman–Crippen MR) is 132 cm³/mol. The highest BCUT2D eigenvalue weighted by atomic mass is 19.4. The number of carboxylic acids is 1. The van der Waals surface area contributed by atoms with Crippen LogP contribution in [0.15, 0.2) is 35.5 Å². The normalized spacial score (nSPS) is 15.2. The van der Waals surface area contributed by atoms with Gasteiger partial charge in [0.2, 0.25) is 0 Å². The molecule has 1 aromatic carbocycles. The number of halogens is 3. The van der Waals surface area contributed by atoms with Gasteiger partial charge in [-0.05, 0) is 60.9 Å². The van der Waals surface area contributed by atoms with E-state index in [9.17, 15) is 18.0 Å². The molecule has 1 heterocycles. The maximum Gasteiger partial charge on any atom is 0.416 e. The van der Waals surface area contributed by atoms with E-state index < -0.39 is 17.7 Å². The Morgan fingerprint density at radius 3 is 2.61 bits per heavy atom. The molecule has 0 spiro atoms. The first-order chi connectivity index (χ1) is 17.2. The summed E-state index contributed by atoms with van der Waals surface area (Å²) >= 11 is 0. The number of aromatic nitrogens is 1. The zero-order valence-electron chi connectivity index (χ0n) is 20.8. The van der Waals surface area contributed by atoms with Crippen molar-refractivity contribution in [2.24, 2.45) is 5.16 Å². The number of rotatable bonds is 11. The van der Waals surface area contributed by atoms with Gasteiger partial charge in [-0.1, -0.05) is 49.5 Å². The second-order valence-corrected chi connectivity index (χ2v) is 9.18. The van der Waals surface area contributed by atoms with Gasteiger partial charge in [0, 0.05) is 18.8 Å². The quantitative estimate of drug-likeness (QED) is 0.215. The number of hydrogen-bond acceptors (Lipinski definition) is 5. The molecule has 1 aromatic heterocycles. The second kappa shape index (κ2) is 12.9. The molecule has 2 N–H and O–H groups in total. The SMILES string of the molecule is CCc1nc(/C(C)=N/OCc2ccc(C3CCCCC3)c(C(F)(F)F)c2)ccc1CNCCC(=O)O. The lowest BCUT2D eigenvalue weighted by molar-refractivity contribution is -0.139. The molecule has 0 aliphatic heterocycles. The molecule has 196 valence electrons. The minimum absolute atomic E-state index is 0.0419. The summed E-state index contributed by atoms with van der Waals surface area (Å²) in [6, 6.07) is 8.20. The van der Waals surface area contributed by atoms with E-state index in [4.69, 9.17) is 9.94 Å². The summed E-state index contributed by atoms with van der Waals surface area (Å²) in [4.78, 5) is 20.7. The van der Waals surface area contributed by atoms with Crippen LogP contribution in [-0.2, 0) is 35.4 Å². The number of alkyl halides is 3. The first-order valence-corrected chi connectivity index (χ1v) is 12.5. The molecule has 0 bridgehead atoms. The third kappa shape index (κ3) is 7.78. The smallest absolute Gasteiger partial charge is 0.416 e. The average Bonchev–Trinajstić information content (AvgIpc) is 2.86. The number of hydrogen-bond donors (Lipinski definition) is 2. The number of aliphatic carboxylic acids is 1. The highest BCUT2D eigenvalue weighted by molar-refractivity contribution is 5.96. The van der Waals surface area contributed by atoms with Gasteiger partial charge < -0.3 is 15.3 Å². The van der Waals surface area contributed by atoms with Gasteiger partial charge >= 0.3 is 12.1 Å². The Kier molecular flexibility index (Phi) is 9.87. The van der Waals surface area contributed by atoms with Crippen LogP contribution in [0.2, 0.25) is 0 Å². The van der Waals surface area contributed by atoms with Crippen molar-refractivity contribution < 1.29 is 27.9 Å². The number of aryl methyl sites for hydroxylation is 1. The summed E-state index contributed by atoms with van der Waals surface area (Å²) in [7, 11) is 0. The summed E-state index contributed by atoms with van der Waals surface area (Å²) in [6.45, 7) is 4.52. The molecule has 9 heteroatoms. The molecular formula is C27H34F3N3O3. The molecular weight excluding hydrogens is 471 g/mol. The maximum absolute atomic E-state index is 13.8. The van der Waals surface area contributed by atoms with E-state index in [1.807, 2.05) is 13.0 Å². The van der Waals surface area contributed by atoms with Crippen molar-refractivity contribution in [2.75, 3.05) is 6.54 Å². The number of carboxylic acid groups (broad SMARTS) is 1. The van der Waals surface area contributed by atoms with E-state index in [0.717, 1.165) is 43.4 Å². The number of pyridine rings is 1. The van der Waals surface area contributed by atoms with Crippen molar-refractivity contribution >= 4 is 11.7 Å². The van der Waals surface area contributed by atoms with E-state index in [2.05, 4.69) is 15.5 Å². The summed E-state index contributed by atoms with van der Waals surface area (Å²) in [5, 5.41) is 15.9. The molecule has 1 aliphatic rings. The number of nitrogens with one attached hydrogen (secondary N) is 1. The van der Waals surface area contributed by atoms with E-state index in [1.54, 1.807) is 25.1 Å². The van der Waals surface area contributed by atoms with E-state index >= 15 is 0 Å². The minimum Gasteiger partial charge on any atom is -0.481 e. The number of benzene rings is 1. The fourth-order valence-electron chi connectivity index (χ4n) is 4.58. The molecule has 0 unspecified atom stereocenters. The number of carbonyl (C=O) groups is 1. The van der Waals surface area contributed by atoms with Crippen molar-refractivity contribution in [3.8, 4) is 0 Å². The average molecular weight is 506 g/mol. The van der Waals surface area contributed by atoms with Crippen LogP contribution in [0.3, 0.4) is 0 Å². The van der Waals surface area contributed by atoms with Crippen LogP contribution in [0, 0.1) is 0 Å². The second-order valence-electron chi connectivity index (χ2n) is 9.18. The molecule has 1 saturated carbocycles. The zero-order chi connectivity index (χ0) is 26.1. The summed E-state index contributed by atoms with van der Waals surface area (Å²) < 4.78 is 41.4. The highest BCUT2D eigenvalue weighted by Crippen LogP contribution is 2.41. The molecule has 1 fully saturated rings. The molecule has 0 amide bonds. The predicted octanol–water partition coefficient (Wildman–Crippen LogP) is 6.22. The molecule has 1 aliphatic carbocycles. The van der Waals surface area contributed by atoms with Gasteiger partial charge in [-0.15, -0.1) is 0 Å². The van der Waals surface area contributed by atoms with Crippen LogP contribution in [0.4, 0.5) is 13.2 Å². The Morgan fingerprint density at radius 2 is 1.94 bits per heavy atom. The Morgan fingerprint density at radius 1 is 1.19 bits per heavy atom. The lowest BCUT2D eigenvalue weighted by atomic mass is 9.81. The summed E-state index contributed by atoms with van der Waals surface area (Å²) in [6.07, 6.45) is 0.941. The molecule has 2 aromatic rings. The van der Waals surface area contributed by atoms with Crippen molar-refractivity contribution in [3.63, 3.8) is 0 Å². The fraction of sp³-hybridized carbons (Fsp3) is 0.519. The molecule has 6 nitrogen and oxygen atoms in total. The van der Waals surface area contributed by atoms with Gasteiger partial charge in [0.15, 0.2) is 0 Å². The van der Waals surface area contributed by atoms with Gasteiger partial charge in [0.25, 0.3) is 0 Å². The lowest BCUT2D eigenvalue weighted by Gasteiger charge is -2.25. The molecule has 0 atom stereocenters. The Labute approximate surface area is 210 Å². The van der Waals surface area contributed by atoms with Gasteiger partial charge in [-0.2, -0.15) is 13.2 Å². The minimum atomic E-state index is -4.41. The lowest BCUT2D eigenvalue weighted by Crippen LogP contribution is -2.19. The monoisotopic (exact) mass is 505 g/mol. The van der Waals surface area contributed by atoms with Gasteiger partial charge in [0.1, 0.15) is 12.3 Å². The fourth-order valence-corrected chi connectivity index (χ4v) is 4.58. The van der Waals surface area contributed by atoms with Crippen molar-refractivity contribution in [3.05, 3.63) is 64.0 Å². The summed E-state index contributed by atoms with van der Waals surface area (Å²) in [5.74, 6) is -0.895. The van der Waals surface area contributed by atoms with Crippen LogP contribution >= 0.6 is 0 Å². The standard InChI is InChI=1S/C27H34F3N3O3/c1-3-24-21(16-31-14-13-26(34)35)10-12-25(32-24)18(2)33-36-17-19-9-11-22(20-7-5-4-6-8-20)23(15-19)27(28,29)30/h9-12,15,20,31H,3-8,13-14,16-17H2,1-2H3,(H,34,35)/b33-18+. The Balaban J connectivity index is 1.66. The zero-order valence-corrected chi connectivity index (χ0v) is 20.8. The Hall–Kier alpha value is -2.94. The first-order valence-electron chi connectivity index (χ1n) is 12.5. The third-order valence-corrected chi connectivity index (χ3v) is 6.51. The van der Waals surface area contributed by atoms with Gasteiger partial charge in [-0.3, -0.25) is 9.78 Å². The van der Waals surface area contributed by atoms with Gasteiger partial charge in [0.05, 0.1) is 17.7 Å². The maximum atomic E-state index is 13.8. The van der Waals surface area contributed by atoms with Crippen LogP contribution in [0.1, 0.15) is 91.9 Å². The molecule has 3 rings (SSSR count). The number of nitrogens with zero attached hydrogens (tertiary/aromatic N) is 2.